The molecule has 1 N–H and O–H groups in total. The highest BCUT2D eigenvalue weighted by Gasteiger charge is 2.31. The van der Waals surface area contributed by atoms with E-state index >= 15 is 0 Å². The minimum Gasteiger partial charge on any atom is -0.340 e. The van der Waals surface area contributed by atoms with Gasteiger partial charge in [-0.25, -0.2) is 5.26 Å². The first kappa shape index (κ1) is 16.0. The van der Waals surface area contributed by atoms with Crippen molar-refractivity contribution >= 4 is 0 Å². The van der Waals surface area contributed by atoms with Crippen molar-refractivity contribution in [3.05, 3.63) is 28.8 Å². The average Bonchev–Trinajstić information content (AvgIpc) is 2.24. The van der Waals surface area contributed by atoms with Gasteiger partial charge < -0.3 is 4.89 Å². The van der Waals surface area contributed by atoms with Gasteiger partial charge in [0.15, 0.2) is 5.75 Å². The number of benzene rings is 1. The SMILES string of the molecule is CC(C)c1ccc(OO)c(C(C)(C)C)c1C(C)(C)C. The molecule has 0 aliphatic heterocycles. The fourth-order valence-electron chi connectivity index (χ4n) is 2.71. The smallest absolute Gasteiger partial charge is 0.169 e. The highest BCUT2D eigenvalue weighted by Crippen LogP contribution is 2.43. The fraction of sp³-hybridized carbons (Fsp3) is 0.647. The van der Waals surface area contributed by atoms with Crippen LogP contribution < -0.4 is 4.89 Å². The van der Waals surface area contributed by atoms with Crippen molar-refractivity contribution in [2.75, 3.05) is 0 Å². The summed E-state index contributed by atoms with van der Waals surface area (Å²) in [6.45, 7) is 17.5. The summed E-state index contributed by atoms with van der Waals surface area (Å²) < 4.78 is 0. The lowest BCUT2D eigenvalue weighted by molar-refractivity contribution is -0.139. The van der Waals surface area contributed by atoms with E-state index in [0.717, 1.165) is 5.56 Å². The normalized spacial score (nSPS) is 12.9. The molecule has 0 saturated carbocycles. The lowest BCUT2D eigenvalue weighted by Gasteiger charge is -2.34. The molecule has 0 aliphatic rings. The van der Waals surface area contributed by atoms with Crippen LogP contribution in [0.3, 0.4) is 0 Å². The van der Waals surface area contributed by atoms with Gasteiger partial charge in [0.05, 0.1) is 0 Å². The van der Waals surface area contributed by atoms with E-state index in [2.05, 4.69) is 66.3 Å². The summed E-state index contributed by atoms with van der Waals surface area (Å²) >= 11 is 0. The predicted molar refractivity (Wildman–Crippen MR) is 81.2 cm³/mol. The van der Waals surface area contributed by atoms with Crippen LogP contribution in [0.5, 0.6) is 5.75 Å². The molecule has 19 heavy (non-hydrogen) atoms. The van der Waals surface area contributed by atoms with Gasteiger partial charge in [-0.2, -0.15) is 0 Å². The molecule has 108 valence electrons. The van der Waals surface area contributed by atoms with Crippen molar-refractivity contribution in [1.82, 2.24) is 0 Å². The minimum absolute atomic E-state index is 0.0107. The van der Waals surface area contributed by atoms with Gasteiger partial charge >= 0.3 is 0 Å². The lowest BCUT2D eigenvalue weighted by atomic mass is 9.71. The molecular formula is C17H28O2. The maximum absolute atomic E-state index is 9.20. The number of rotatable bonds is 2. The van der Waals surface area contributed by atoms with Crippen LogP contribution in [0, 0.1) is 0 Å². The standard InChI is InChI=1S/C17H28O2/c1-11(2)12-9-10-13(19-18)15(17(6,7)8)14(12)16(3,4)5/h9-11,18H,1-8H3. The van der Waals surface area contributed by atoms with E-state index in [1.807, 2.05) is 6.07 Å². The third-order valence-electron chi connectivity index (χ3n) is 3.42. The first-order chi connectivity index (χ1) is 8.50. The molecule has 0 atom stereocenters. The predicted octanol–water partition coefficient (Wildman–Crippen LogP) is 5.26. The summed E-state index contributed by atoms with van der Waals surface area (Å²) in [6, 6.07) is 3.96. The Labute approximate surface area is 117 Å². The van der Waals surface area contributed by atoms with E-state index in [-0.39, 0.29) is 10.8 Å². The quantitative estimate of drug-likeness (QED) is 0.583. The summed E-state index contributed by atoms with van der Waals surface area (Å²) in [7, 11) is 0. The molecule has 1 aromatic carbocycles. The van der Waals surface area contributed by atoms with E-state index in [1.165, 1.54) is 11.1 Å². The number of hydrogen-bond donors (Lipinski definition) is 1. The van der Waals surface area contributed by atoms with Crippen LogP contribution in [-0.2, 0) is 10.8 Å². The Balaban J connectivity index is 3.77. The highest BCUT2D eigenvalue weighted by atomic mass is 17.1. The first-order valence-corrected chi connectivity index (χ1v) is 6.99. The van der Waals surface area contributed by atoms with Crippen LogP contribution >= 0.6 is 0 Å². The van der Waals surface area contributed by atoms with Crippen LogP contribution in [0.4, 0.5) is 0 Å². The molecule has 0 fully saturated rings. The molecule has 0 radical (unpaired) electrons. The van der Waals surface area contributed by atoms with E-state index in [1.54, 1.807) is 0 Å². The average molecular weight is 264 g/mol. The molecule has 1 aromatic rings. The van der Waals surface area contributed by atoms with Gasteiger partial charge in [-0.1, -0.05) is 61.5 Å². The van der Waals surface area contributed by atoms with Gasteiger partial charge in [-0.05, 0) is 33.9 Å². The number of hydrogen-bond acceptors (Lipinski definition) is 2. The van der Waals surface area contributed by atoms with Crippen molar-refractivity contribution in [3.63, 3.8) is 0 Å². The molecular weight excluding hydrogens is 236 g/mol. The van der Waals surface area contributed by atoms with Gasteiger partial charge in [-0.3, -0.25) is 0 Å². The van der Waals surface area contributed by atoms with Crippen LogP contribution in [0.15, 0.2) is 12.1 Å². The zero-order chi connectivity index (χ0) is 15.0. The van der Waals surface area contributed by atoms with Crippen LogP contribution in [0.2, 0.25) is 0 Å². The Morgan fingerprint density at radius 3 is 1.68 bits per heavy atom. The molecule has 2 heteroatoms. The molecule has 0 bridgehead atoms. The second-order valence-electron chi connectivity index (χ2n) is 7.65. The van der Waals surface area contributed by atoms with Crippen LogP contribution in [0.25, 0.3) is 0 Å². The molecule has 0 saturated heterocycles. The van der Waals surface area contributed by atoms with Gasteiger partial charge in [0.1, 0.15) is 0 Å². The Bertz CT molecular complexity index is 446. The Kier molecular flexibility index (Phi) is 4.36. The summed E-state index contributed by atoms with van der Waals surface area (Å²) in [6.07, 6.45) is 0. The summed E-state index contributed by atoms with van der Waals surface area (Å²) in [5.74, 6) is 1.02. The monoisotopic (exact) mass is 264 g/mol. The van der Waals surface area contributed by atoms with Crippen molar-refractivity contribution in [2.45, 2.75) is 72.1 Å². The summed E-state index contributed by atoms with van der Waals surface area (Å²) in [4.78, 5) is 4.64. The van der Waals surface area contributed by atoms with Crippen LogP contribution in [0.1, 0.15) is 78.0 Å². The molecule has 1 rings (SSSR count). The fourth-order valence-corrected chi connectivity index (χ4v) is 2.71. The Morgan fingerprint density at radius 1 is 0.895 bits per heavy atom. The third kappa shape index (κ3) is 3.30. The minimum atomic E-state index is -0.0778. The van der Waals surface area contributed by atoms with Gasteiger partial charge in [-0.15, -0.1) is 0 Å². The Hall–Kier alpha value is -1.02. The molecule has 0 amide bonds. The molecule has 0 unspecified atom stereocenters. The zero-order valence-corrected chi connectivity index (χ0v) is 13.6. The molecule has 0 aromatic heterocycles. The maximum Gasteiger partial charge on any atom is 0.169 e. The summed E-state index contributed by atoms with van der Waals surface area (Å²) in [5, 5.41) is 9.20. The van der Waals surface area contributed by atoms with E-state index in [0.29, 0.717) is 11.7 Å². The van der Waals surface area contributed by atoms with Crippen molar-refractivity contribution in [3.8, 4) is 5.75 Å². The van der Waals surface area contributed by atoms with E-state index < -0.39 is 0 Å². The van der Waals surface area contributed by atoms with Gasteiger partial charge in [0, 0.05) is 5.56 Å². The van der Waals surface area contributed by atoms with Gasteiger partial charge in [0.25, 0.3) is 0 Å². The highest BCUT2D eigenvalue weighted by molar-refractivity contribution is 5.52. The topological polar surface area (TPSA) is 29.5 Å². The second kappa shape index (κ2) is 5.16. The maximum atomic E-state index is 9.20. The first-order valence-electron chi connectivity index (χ1n) is 6.99. The molecule has 2 nitrogen and oxygen atoms in total. The van der Waals surface area contributed by atoms with E-state index in [4.69, 9.17) is 0 Å². The largest absolute Gasteiger partial charge is 0.340 e. The molecule has 0 spiro atoms. The van der Waals surface area contributed by atoms with Crippen molar-refractivity contribution in [2.24, 2.45) is 0 Å². The zero-order valence-electron chi connectivity index (χ0n) is 13.6. The molecule has 0 heterocycles. The third-order valence-corrected chi connectivity index (χ3v) is 3.42. The summed E-state index contributed by atoms with van der Waals surface area (Å²) in [5.41, 5.74) is 3.66. The lowest BCUT2D eigenvalue weighted by Crippen LogP contribution is -2.25. The Morgan fingerprint density at radius 2 is 1.37 bits per heavy atom. The van der Waals surface area contributed by atoms with E-state index in [9.17, 15) is 5.26 Å². The van der Waals surface area contributed by atoms with Crippen LogP contribution in [-0.4, -0.2) is 5.26 Å². The van der Waals surface area contributed by atoms with Crippen molar-refractivity contribution in [1.29, 1.82) is 0 Å². The second-order valence-corrected chi connectivity index (χ2v) is 7.65. The van der Waals surface area contributed by atoms with Gasteiger partial charge in [0.2, 0.25) is 0 Å². The molecule has 0 aliphatic carbocycles. The van der Waals surface area contributed by atoms with Crippen molar-refractivity contribution < 1.29 is 10.1 Å².